The van der Waals surface area contributed by atoms with E-state index in [2.05, 4.69) is 35.5 Å². The van der Waals surface area contributed by atoms with Crippen LogP contribution in [0, 0.1) is 5.92 Å². The summed E-state index contributed by atoms with van der Waals surface area (Å²) in [5.41, 5.74) is 2.94. The van der Waals surface area contributed by atoms with Gasteiger partial charge in [-0.25, -0.2) is 0 Å². The van der Waals surface area contributed by atoms with Gasteiger partial charge in [0, 0.05) is 43.2 Å². The molecule has 0 saturated carbocycles. The summed E-state index contributed by atoms with van der Waals surface area (Å²) >= 11 is 2.01. The highest BCUT2D eigenvalue weighted by molar-refractivity contribution is 7.99. The Kier molecular flexibility index (Phi) is 3.30. The summed E-state index contributed by atoms with van der Waals surface area (Å²) in [7, 11) is 2.22. The smallest absolute Gasteiger partial charge is 0.0367 e. The summed E-state index contributed by atoms with van der Waals surface area (Å²) in [6.07, 6.45) is 2.59. The molecule has 0 bridgehead atoms. The number of benzene rings is 1. The number of hydrogen-bond acceptors (Lipinski definition) is 3. The number of anilines is 1. The van der Waals surface area contributed by atoms with E-state index in [1.165, 1.54) is 48.8 Å². The van der Waals surface area contributed by atoms with Gasteiger partial charge in [0.05, 0.1) is 0 Å². The summed E-state index contributed by atoms with van der Waals surface area (Å²) in [4.78, 5) is 3.91. The zero-order chi connectivity index (χ0) is 11.7. The standard InChI is InChI=1S/C14H20N2S/c1-16(10-11-8-15-9-11)13-4-5-14-12(7-13)3-2-6-17-14/h4-5,7,11,15H,2-3,6,8-10H2,1H3. The van der Waals surface area contributed by atoms with Gasteiger partial charge in [-0.3, -0.25) is 0 Å². The fourth-order valence-corrected chi connectivity index (χ4v) is 3.57. The maximum absolute atomic E-state index is 3.34. The van der Waals surface area contributed by atoms with Crippen molar-refractivity contribution in [3.8, 4) is 0 Å². The molecule has 17 heavy (non-hydrogen) atoms. The minimum Gasteiger partial charge on any atom is -0.374 e. The number of thioether (sulfide) groups is 1. The topological polar surface area (TPSA) is 15.3 Å². The summed E-state index contributed by atoms with van der Waals surface area (Å²) in [6.45, 7) is 3.55. The number of hydrogen-bond donors (Lipinski definition) is 1. The van der Waals surface area contributed by atoms with Crippen LogP contribution in [-0.4, -0.2) is 32.4 Å². The Morgan fingerprint density at radius 3 is 3.06 bits per heavy atom. The van der Waals surface area contributed by atoms with Crippen LogP contribution in [0.15, 0.2) is 23.1 Å². The molecule has 1 saturated heterocycles. The van der Waals surface area contributed by atoms with Crippen molar-refractivity contribution in [2.24, 2.45) is 5.92 Å². The number of nitrogens with zero attached hydrogens (tertiary/aromatic N) is 1. The number of rotatable bonds is 3. The van der Waals surface area contributed by atoms with E-state index in [4.69, 9.17) is 0 Å². The lowest BCUT2D eigenvalue weighted by atomic mass is 10.0. The molecule has 92 valence electrons. The molecule has 2 aliphatic rings. The zero-order valence-electron chi connectivity index (χ0n) is 10.4. The SMILES string of the molecule is CN(CC1CNC1)c1ccc2c(c1)CCCS2. The Bertz CT molecular complexity index is 401. The van der Waals surface area contributed by atoms with Crippen LogP contribution in [0.2, 0.25) is 0 Å². The zero-order valence-corrected chi connectivity index (χ0v) is 11.2. The Hall–Kier alpha value is -0.670. The second kappa shape index (κ2) is 4.91. The molecule has 0 unspecified atom stereocenters. The molecule has 1 fully saturated rings. The molecule has 2 heterocycles. The molecule has 0 radical (unpaired) electrons. The molecule has 0 aliphatic carbocycles. The Morgan fingerprint density at radius 1 is 1.41 bits per heavy atom. The van der Waals surface area contributed by atoms with Crippen LogP contribution in [0.3, 0.4) is 0 Å². The first-order chi connectivity index (χ1) is 8.33. The Morgan fingerprint density at radius 2 is 2.29 bits per heavy atom. The van der Waals surface area contributed by atoms with E-state index in [1.807, 2.05) is 11.8 Å². The van der Waals surface area contributed by atoms with E-state index >= 15 is 0 Å². The van der Waals surface area contributed by atoms with Gasteiger partial charge in [-0.1, -0.05) is 0 Å². The van der Waals surface area contributed by atoms with Gasteiger partial charge in [0.2, 0.25) is 0 Å². The van der Waals surface area contributed by atoms with Crippen LogP contribution in [0.1, 0.15) is 12.0 Å². The summed E-state index contributed by atoms with van der Waals surface area (Å²) in [5, 5.41) is 3.34. The average molecular weight is 248 g/mol. The van der Waals surface area contributed by atoms with Gasteiger partial charge in [-0.05, 0) is 42.4 Å². The van der Waals surface area contributed by atoms with Crippen molar-refractivity contribution in [2.45, 2.75) is 17.7 Å². The molecular formula is C14H20N2S. The lowest BCUT2D eigenvalue weighted by molar-refractivity contribution is 0.353. The predicted molar refractivity (Wildman–Crippen MR) is 75.1 cm³/mol. The van der Waals surface area contributed by atoms with E-state index in [0.29, 0.717) is 0 Å². The van der Waals surface area contributed by atoms with Gasteiger partial charge in [0.1, 0.15) is 0 Å². The molecule has 1 aromatic rings. The second-order valence-corrected chi connectivity index (χ2v) is 6.29. The highest BCUT2D eigenvalue weighted by Crippen LogP contribution is 2.32. The first kappa shape index (κ1) is 11.4. The van der Waals surface area contributed by atoms with Crippen molar-refractivity contribution in [1.82, 2.24) is 5.32 Å². The molecule has 0 atom stereocenters. The molecule has 1 N–H and O–H groups in total. The molecule has 3 rings (SSSR count). The minimum absolute atomic E-state index is 0.838. The maximum atomic E-state index is 3.34. The van der Waals surface area contributed by atoms with E-state index < -0.39 is 0 Å². The van der Waals surface area contributed by atoms with Crippen molar-refractivity contribution < 1.29 is 0 Å². The van der Waals surface area contributed by atoms with Gasteiger partial charge in [0.25, 0.3) is 0 Å². The molecule has 1 aromatic carbocycles. The molecule has 2 nitrogen and oxygen atoms in total. The first-order valence-electron chi connectivity index (χ1n) is 6.50. The van der Waals surface area contributed by atoms with Crippen LogP contribution in [-0.2, 0) is 6.42 Å². The average Bonchev–Trinajstić information content (AvgIpc) is 2.33. The molecule has 2 aliphatic heterocycles. The largest absolute Gasteiger partial charge is 0.374 e. The second-order valence-electron chi connectivity index (χ2n) is 5.15. The molecule has 3 heteroatoms. The third kappa shape index (κ3) is 2.45. The molecule has 0 spiro atoms. The van der Waals surface area contributed by atoms with Crippen molar-refractivity contribution in [3.63, 3.8) is 0 Å². The van der Waals surface area contributed by atoms with E-state index in [-0.39, 0.29) is 0 Å². The van der Waals surface area contributed by atoms with Gasteiger partial charge >= 0.3 is 0 Å². The van der Waals surface area contributed by atoms with Crippen LogP contribution < -0.4 is 10.2 Å². The highest BCUT2D eigenvalue weighted by atomic mass is 32.2. The van der Waals surface area contributed by atoms with Gasteiger partial charge in [0.15, 0.2) is 0 Å². The van der Waals surface area contributed by atoms with Crippen LogP contribution in [0.4, 0.5) is 5.69 Å². The van der Waals surface area contributed by atoms with Crippen molar-refractivity contribution in [3.05, 3.63) is 23.8 Å². The van der Waals surface area contributed by atoms with E-state index in [1.54, 1.807) is 5.56 Å². The molecule has 0 aromatic heterocycles. The fourth-order valence-electron chi connectivity index (χ4n) is 2.55. The van der Waals surface area contributed by atoms with Crippen molar-refractivity contribution >= 4 is 17.4 Å². The normalized spacial score (nSPS) is 19.6. The van der Waals surface area contributed by atoms with E-state index in [9.17, 15) is 0 Å². The fraction of sp³-hybridized carbons (Fsp3) is 0.571. The van der Waals surface area contributed by atoms with Crippen molar-refractivity contribution in [1.29, 1.82) is 0 Å². The summed E-state index contributed by atoms with van der Waals surface area (Å²) < 4.78 is 0. The van der Waals surface area contributed by atoms with Crippen LogP contribution in [0.5, 0.6) is 0 Å². The highest BCUT2D eigenvalue weighted by Gasteiger charge is 2.19. The monoisotopic (exact) mass is 248 g/mol. The van der Waals surface area contributed by atoms with Crippen molar-refractivity contribution in [2.75, 3.05) is 37.3 Å². The third-order valence-corrected chi connectivity index (χ3v) is 4.93. The molecule has 0 amide bonds. The minimum atomic E-state index is 0.838. The van der Waals surface area contributed by atoms with Gasteiger partial charge < -0.3 is 10.2 Å². The Labute approximate surface area is 108 Å². The maximum Gasteiger partial charge on any atom is 0.0367 e. The van der Waals surface area contributed by atoms with Gasteiger partial charge in [-0.15, -0.1) is 11.8 Å². The molecular weight excluding hydrogens is 228 g/mol. The third-order valence-electron chi connectivity index (χ3n) is 3.73. The summed E-state index contributed by atoms with van der Waals surface area (Å²) in [5.74, 6) is 2.13. The van der Waals surface area contributed by atoms with Gasteiger partial charge in [-0.2, -0.15) is 0 Å². The van der Waals surface area contributed by atoms with Crippen LogP contribution in [0.25, 0.3) is 0 Å². The number of aryl methyl sites for hydroxylation is 1. The van der Waals surface area contributed by atoms with E-state index in [0.717, 1.165) is 5.92 Å². The lowest BCUT2D eigenvalue weighted by Gasteiger charge is -2.32. The first-order valence-corrected chi connectivity index (χ1v) is 7.49. The lowest BCUT2D eigenvalue weighted by Crippen LogP contribution is -2.47. The summed E-state index contributed by atoms with van der Waals surface area (Å²) in [6, 6.07) is 6.99. The predicted octanol–water partition coefficient (Wildman–Crippen LogP) is 2.38. The van der Waals surface area contributed by atoms with Crippen LogP contribution >= 0.6 is 11.8 Å². The number of nitrogens with one attached hydrogen (secondary N) is 1. The quantitative estimate of drug-likeness (QED) is 0.884. The Balaban J connectivity index is 1.73. The number of fused-ring (bicyclic) bond motifs is 1.